The summed E-state index contributed by atoms with van der Waals surface area (Å²) in [7, 11) is 0. The van der Waals surface area contributed by atoms with Gasteiger partial charge in [0.2, 0.25) is 0 Å². The van der Waals surface area contributed by atoms with Crippen molar-refractivity contribution < 1.29 is 0 Å². The number of hydrogen-bond donors (Lipinski definition) is 0. The summed E-state index contributed by atoms with van der Waals surface area (Å²) in [6.07, 6.45) is 0. The molecule has 0 amide bonds. The van der Waals surface area contributed by atoms with Crippen molar-refractivity contribution in [1.29, 1.82) is 0 Å². The second-order valence-electron chi connectivity index (χ2n) is 12.5. The Bertz CT molecular complexity index is 2410. The standard InChI is InChI=1S/C43H30/c1-43(2)39-23-13-12-20-32(39)35-25-37-38(26-40(35)43)41(27-14-4-3-5-15-27)33-21-10-11-22-34(33)42(37)36-24-28-16-6-7-17-29(28)30-18-8-9-19-31(30)36/h3-26H,1-2H3. The Morgan fingerprint density at radius 3 is 1.72 bits per heavy atom. The normalized spacial score (nSPS) is 13.5. The molecule has 0 spiro atoms. The Labute approximate surface area is 251 Å². The third-order valence-electron chi connectivity index (χ3n) is 9.83. The molecule has 0 heteroatoms. The Morgan fingerprint density at radius 1 is 0.349 bits per heavy atom. The molecule has 0 saturated carbocycles. The minimum Gasteiger partial charge on any atom is -0.0622 e. The van der Waals surface area contributed by atoms with E-state index in [0.717, 1.165) is 0 Å². The van der Waals surface area contributed by atoms with Crippen LogP contribution in [0.3, 0.4) is 0 Å². The van der Waals surface area contributed by atoms with Crippen LogP contribution in [0.5, 0.6) is 0 Å². The molecule has 0 fully saturated rings. The maximum Gasteiger partial charge on any atom is 0.0159 e. The third kappa shape index (κ3) is 3.38. The van der Waals surface area contributed by atoms with Gasteiger partial charge in [0.15, 0.2) is 0 Å². The van der Waals surface area contributed by atoms with Gasteiger partial charge in [-0.1, -0.05) is 141 Å². The molecule has 0 aliphatic heterocycles. The first kappa shape index (κ1) is 24.4. The Hall–Kier alpha value is -5.20. The lowest BCUT2D eigenvalue weighted by Gasteiger charge is -2.24. The third-order valence-corrected chi connectivity index (χ3v) is 9.83. The van der Waals surface area contributed by atoms with Crippen LogP contribution in [0.2, 0.25) is 0 Å². The summed E-state index contributed by atoms with van der Waals surface area (Å²) in [5.74, 6) is 0. The smallest absolute Gasteiger partial charge is 0.0159 e. The average molecular weight is 547 g/mol. The van der Waals surface area contributed by atoms with Crippen molar-refractivity contribution in [3.05, 3.63) is 157 Å². The van der Waals surface area contributed by atoms with Gasteiger partial charge in [0, 0.05) is 5.41 Å². The minimum absolute atomic E-state index is 0.0739. The van der Waals surface area contributed by atoms with E-state index in [1.165, 1.54) is 87.6 Å². The molecule has 202 valence electrons. The highest BCUT2D eigenvalue weighted by Gasteiger charge is 2.36. The number of rotatable bonds is 2. The van der Waals surface area contributed by atoms with Crippen LogP contribution < -0.4 is 0 Å². The lowest BCUT2D eigenvalue weighted by atomic mass is 9.79. The van der Waals surface area contributed by atoms with Crippen molar-refractivity contribution in [3.63, 3.8) is 0 Å². The van der Waals surface area contributed by atoms with Crippen LogP contribution in [0.1, 0.15) is 25.0 Å². The summed E-state index contributed by atoms with van der Waals surface area (Å²) < 4.78 is 0. The van der Waals surface area contributed by atoms with Crippen molar-refractivity contribution in [1.82, 2.24) is 0 Å². The van der Waals surface area contributed by atoms with E-state index in [9.17, 15) is 0 Å². The summed E-state index contributed by atoms with van der Waals surface area (Å²) in [6.45, 7) is 4.76. The van der Waals surface area contributed by atoms with Gasteiger partial charge < -0.3 is 0 Å². The van der Waals surface area contributed by atoms with Crippen LogP contribution in [0.25, 0.3) is 76.5 Å². The summed E-state index contributed by atoms with van der Waals surface area (Å²) in [5.41, 5.74) is 10.6. The average Bonchev–Trinajstić information content (AvgIpc) is 3.28. The zero-order valence-corrected chi connectivity index (χ0v) is 24.4. The molecule has 0 N–H and O–H groups in total. The Kier molecular flexibility index (Phi) is 5.05. The quantitative estimate of drug-likeness (QED) is 0.149. The Balaban J connectivity index is 1.53. The van der Waals surface area contributed by atoms with E-state index in [0.29, 0.717) is 0 Å². The predicted octanol–water partition coefficient (Wildman–Crippen LogP) is 11.9. The molecule has 0 aromatic heterocycles. The van der Waals surface area contributed by atoms with Gasteiger partial charge >= 0.3 is 0 Å². The first-order chi connectivity index (χ1) is 21.1. The molecule has 0 saturated heterocycles. The molecule has 0 nitrogen and oxygen atoms in total. The van der Waals surface area contributed by atoms with Gasteiger partial charge in [0.05, 0.1) is 0 Å². The lowest BCUT2D eigenvalue weighted by Crippen LogP contribution is -2.14. The fourth-order valence-electron chi connectivity index (χ4n) is 7.84. The Morgan fingerprint density at radius 2 is 0.930 bits per heavy atom. The van der Waals surface area contributed by atoms with E-state index in [2.05, 4.69) is 159 Å². The minimum atomic E-state index is -0.0739. The zero-order chi connectivity index (χ0) is 28.7. The summed E-state index contributed by atoms with van der Waals surface area (Å²) in [5, 5.41) is 10.4. The van der Waals surface area contributed by atoms with Gasteiger partial charge in [-0.15, -0.1) is 0 Å². The maximum atomic E-state index is 2.52. The summed E-state index contributed by atoms with van der Waals surface area (Å²) in [4.78, 5) is 0. The monoisotopic (exact) mass is 546 g/mol. The molecule has 8 aromatic rings. The van der Waals surface area contributed by atoms with Crippen LogP contribution >= 0.6 is 0 Å². The van der Waals surface area contributed by atoms with Crippen LogP contribution in [0, 0.1) is 0 Å². The number of fused-ring (bicyclic) bond motifs is 8. The summed E-state index contributed by atoms with van der Waals surface area (Å²) in [6, 6.07) is 54.2. The zero-order valence-electron chi connectivity index (χ0n) is 24.4. The number of benzene rings is 8. The maximum absolute atomic E-state index is 2.52. The fourth-order valence-corrected chi connectivity index (χ4v) is 7.84. The first-order valence-corrected chi connectivity index (χ1v) is 15.2. The van der Waals surface area contributed by atoms with Gasteiger partial charge in [-0.2, -0.15) is 0 Å². The van der Waals surface area contributed by atoms with E-state index in [4.69, 9.17) is 0 Å². The van der Waals surface area contributed by atoms with E-state index in [1.54, 1.807) is 0 Å². The summed E-state index contributed by atoms with van der Waals surface area (Å²) >= 11 is 0. The predicted molar refractivity (Wildman–Crippen MR) is 185 cm³/mol. The van der Waals surface area contributed by atoms with Crippen molar-refractivity contribution in [2.24, 2.45) is 0 Å². The molecule has 0 unspecified atom stereocenters. The van der Waals surface area contributed by atoms with E-state index < -0.39 is 0 Å². The van der Waals surface area contributed by atoms with E-state index >= 15 is 0 Å². The highest BCUT2D eigenvalue weighted by Crippen LogP contribution is 2.53. The van der Waals surface area contributed by atoms with Crippen LogP contribution in [0.4, 0.5) is 0 Å². The van der Waals surface area contributed by atoms with Crippen molar-refractivity contribution in [2.45, 2.75) is 19.3 Å². The molecular weight excluding hydrogens is 516 g/mol. The molecular formula is C43H30. The van der Waals surface area contributed by atoms with Gasteiger partial charge in [-0.25, -0.2) is 0 Å². The lowest BCUT2D eigenvalue weighted by molar-refractivity contribution is 0.661. The van der Waals surface area contributed by atoms with Crippen LogP contribution in [-0.2, 0) is 5.41 Å². The van der Waals surface area contributed by atoms with Crippen LogP contribution in [-0.4, -0.2) is 0 Å². The molecule has 1 aliphatic carbocycles. The topological polar surface area (TPSA) is 0 Å². The van der Waals surface area contributed by atoms with Gasteiger partial charge in [-0.3, -0.25) is 0 Å². The van der Waals surface area contributed by atoms with E-state index in [1.807, 2.05) is 0 Å². The fraction of sp³-hybridized carbons (Fsp3) is 0.0698. The molecule has 1 aliphatic rings. The molecule has 8 aromatic carbocycles. The highest BCUT2D eigenvalue weighted by atomic mass is 14.4. The molecule has 0 bridgehead atoms. The second kappa shape index (κ2) is 8.90. The SMILES string of the molecule is CC1(C)c2ccccc2-c2cc3c(-c4cc5ccccc5c5ccccc45)c4ccccc4c(-c4ccccc4)c3cc21. The number of hydrogen-bond acceptors (Lipinski definition) is 0. The van der Waals surface area contributed by atoms with Crippen molar-refractivity contribution in [3.8, 4) is 33.4 Å². The second-order valence-corrected chi connectivity index (χ2v) is 12.5. The van der Waals surface area contributed by atoms with Gasteiger partial charge in [0.1, 0.15) is 0 Å². The largest absolute Gasteiger partial charge is 0.0622 e. The molecule has 43 heavy (non-hydrogen) atoms. The molecule has 0 heterocycles. The molecule has 0 radical (unpaired) electrons. The van der Waals surface area contributed by atoms with Crippen molar-refractivity contribution in [2.75, 3.05) is 0 Å². The highest BCUT2D eigenvalue weighted by molar-refractivity contribution is 6.26. The van der Waals surface area contributed by atoms with Crippen LogP contribution in [0.15, 0.2) is 146 Å². The molecule has 0 atom stereocenters. The van der Waals surface area contributed by atoms with Gasteiger partial charge in [0.25, 0.3) is 0 Å². The van der Waals surface area contributed by atoms with E-state index in [-0.39, 0.29) is 5.41 Å². The first-order valence-electron chi connectivity index (χ1n) is 15.2. The molecule has 9 rings (SSSR count). The van der Waals surface area contributed by atoms with Gasteiger partial charge in [-0.05, 0) is 106 Å². The van der Waals surface area contributed by atoms with Crippen molar-refractivity contribution >= 4 is 43.1 Å².